The van der Waals surface area contributed by atoms with Gasteiger partial charge in [-0.3, -0.25) is 0 Å². The Kier molecular flexibility index (Phi) is 3.76. The molecule has 5 heteroatoms. The molecule has 0 saturated carbocycles. The van der Waals surface area contributed by atoms with Crippen LogP contribution in [0.25, 0.3) is 10.6 Å². The van der Waals surface area contributed by atoms with Gasteiger partial charge < -0.3 is 5.32 Å². The van der Waals surface area contributed by atoms with Crippen molar-refractivity contribution in [1.82, 2.24) is 10.3 Å². The molecule has 1 atom stereocenters. The van der Waals surface area contributed by atoms with Crippen LogP contribution < -0.4 is 5.32 Å². The van der Waals surface area contributed by atoms with Gasteiger partial charge in [-0.25, -0.2) is 9.37 Å². The quantitative estimate of drug-likeness (QED) is 0.915. The van der Waals surface area contributed by atoms with E-state index in [2.05, 4.69) is 17.2 Å². The molecule has 0 aliphatic carbocycles. The highest BCUT2D eigenvalue weighted by molar-refractivity contribution is 7.15. The number of nitrogens with one attached hydrogen (secondary N) is 1. The van der Waals surface area contributed by atoms with Crippen molar-refractivity contribution in [3.05, 3.63) is 40.1 Å². The summed E-state index contributed by atoms with van der Waals surface area (Å²) in [5, 5.41) is 4.31. The van der Waals surface area contributed by atoms with E-state index in [-0.39, 0.29) is 11.9 Å². The lowest BCUT2D eigenvalue weighted by atomic mass is 10.2. The minimum atomic E-state index is -0.342. The summed E-state index contributed by atoms with van der Waals surface area (Å²) in [6.07, 6.45) is 1.81. The number of benzene rings is 1. The first kappa shape index (κ1) is 12.5. The fraction of sp³-hybridized carbons (Fsp3) is 0.250. The van der Waals surface area contributed by atoms with Gasteiger partial charge in [0.1, 0.15) is 10.8 Å². The number of hydrogen-bond acceptors (Lipinski definition) is 3. The van der Waals surface area contributed by atoms with Crippen LogP contribution in [0.2, 0.25) is 5.02 Å². The Bertz CT molecular complexity index is 507. The molecule has 0 aliphatic rings. The maximum absolute atomic E-state index is 13.2. The van der Waals surface area contributed by atoms with Crippen molar-refractivity contribution >= 4 is 22.9 Å². The Morgan fingerprint density at radius 1 is 1.41 bits per heavy atom. The van der Waals surface area contributed by atoms with E-state index < -0.39 is 0 Å². The summed E-state index contributed by atoms with van der Waals surface area (Å²) in [5.41, 5.74) is 0.717. The molecule has 17 heavy (non-hydrogen) atoms. The molecule has 90 valence electrons. The van der Waals surface area contributed by atoms with Crippen molar-refractivity contribution in [2.45, 2.75) is 13.0 Å². The maximum atomic E-state index is 13.2. The normalized spacial score (nSPS) is 12.7. The average molecular weight is 271 g/mol. The van der Waals surface area contributed by atoms with E-state index in [0.717, 1.165) is 15.4 Å². The second-order valence-electron chi connectivity index (χ2n) is 3.74. The predicted octanol–water partition coefficient (Wildman–Crippen LogP) is 3.88. The molecule has 1 aromatic heterocycles. The molecule has 2 nitrogen and oxygen atoms in total. The van der Waals surface area contributed by atoms with Crippen LogP contribution in [0, 0.1) is 5.82 Å². The lowest BCUT2D eigenvalue weighted by molar-refractivity contribution is 0.628. The van der Waals surface area contributed by atoms with Gasteiger partial charge in [0, 0.05) is 27.7 Å². The van der Waals surface area contributed by atoms with E-state index >= 15 is 0 Å². The SMILES string of the molecule is CNC(C)c1cnc(-c2cc(F)cc(Cl)c2)s1. The van der Waals surface area contributed by atoms with E-state index in [0.29, 0.717) is 5.02 Å². The molecule has 0 saturated heterocycles. The summed E-state index contributed by atoms with van der Waals surface area (Å²) in [4.78, 5) is 5.40. The maximum Gasteiger partial charge on any atom is 0.125 e. The Morgan fingerprint density at radius 3 is 2.82 bits per heavy atom. The second-order valence-corrected chi connectivity index (χ2v) is 5.23. The standard InChI is InChI=1S/C12H12ClFN2S/c1-7(15-2)11-6-16-12(17-11)8-3-9(13)5-10(14)4-8/h3-7,15H,1-2H3. The molecular weight excluding hydrogens is 259 g/mol. The van der Waals surface area contributed by atoms with Crippen LogP contribution in [-0.4, -0.2) is 12.0 Å². The van der Waals surface area contributed by atoms with Gasteiger partial charge in [0.05, 0.1) is 0 Å². The van der Waals surface area contributed by atoms with E-state index in [1.807, 2.05) is 7.05 Å². The third kappa shape index (κ3) is 2.83. The topological polar surface area (TPSA) is 24.9 Å². The number of halogens is 2. The van der Waals surface area contributed by atoms with Crippen LogP contribution in [0.4, 0.5) is 4.39 Å². The smallest absolute Gasteiger partial charge is 0.125 e. The molecule has 0 radical (unpaired) electrons. The van der Waals surface area contributed by atoms with Crippen LogP contribution in [0.1, 0.15) is 17.8 Å². The fourth-order valence-corrected chi connectivity index (χ4v) is 2.63. The molecule has 0 amide bonds. The first-order chi connectivity index (χ1) is 8.10. The third-order valence-electron chi connectivity index (χ3n) is 2.49. The van der Waals surface area contributed by atoms with Crippen molar-refractivity contribution < 1.29 is 4.39 Å². The van der Waals surface area contributed by atoms with Crippen LogP contribution >= 0.6 is 22.9 Å². The monoisotopic (exact) mass is 270 g/mol. The van der Waals surface area contributed by atoms with Gasteiger partial charge in [-0.2, -0.15) is 0 Å². The summed E-state index contributed by atoms with van der Waals surface area (Å²) in [6, 6.07) is 4.69. The zero-order chi connectivity index (χ0) is 12.4. The molecule has 2 aromatic rings. The van der Waals surface area contributed by atoms with Crippen molar-refractivity contribution in [2.24, 2.45) is 0 Å². The first-order valence-electron chi connectivity index (χ1n) is 5.19. The largest absolute Gasteiger partial charge is 0.312 e. The lowest BCUT2D eigenvalue weighted by Crippen LogP contribution is -2.10. The number of hydrogen-bond donors (Lipinski definition) is 1. The van der Waals surface area contributed by atoms with E-state index in [1.165, 1.54) is 23.5 Å². The summed E-state index contributed by atoms with van der Waals surface area (Å²) in [6.45, 7) is 2.05. The molecular formula is C12H12ClFN2S. The zero-order valence-corrected chi connectivity index (χ0v) is 11.1. The van der Waals surface area contributed by atoms with E-state index in [9.17, 15) is 4.39 Å². The molecule has 0 bridgehead atoms. The minimum Gasteiger partial charge on any atom is -0.312 e. The van der Waals surface area contributed by atoms with Gasteiger partial charge in [0.25, 0.3) is 0 Å². The molecule has 1 N–H and O–H groups in total. The first-order valence-corrected chi connectivity index (χ1v) is 6.39. The number of rotatable bonds is 3. The van der Waals surface area contributed by atoms with Crippen molar-refractivity contribution in [1.29, 1.82) is 0 Å². The fourth-order valence-electron chi connectivity index (χ4n) is 1.44. The van der Waals surface area contributed by atoms with E-state index in [1.54, 1.807) is 12.3 Å². The zero-order valence-electron chi connectivity index (χ0n) is 9.50. The summed E-state index contributed by atoms with van der Waals surface area (Å²) >= 11 is 7.36. The van der Waals surface area contributed by atoms with Crippen LogP contribution in [0.15, 0.2) is 24.4 Å². The molecule has 0 aliphatic heterocycles. The highest BCUT2D eigenvalue weighted by Gasteiger charge is 2.10. The van der Waals surface area contributed by atoms with Crippen LogP contribution in [-0.2, 0) is 0 Å². The number of nitrogens with zero attached hydrogens (tertiary/aromatic N) is 1. The Labute approximate surface area is 108 Å². The lowest BCUT2D eigenvalue weighted by Gasteiger charge is -2.04. The van der Waals surface area contributed by atoms with Crippen molar-refractivity contribution in [3.8, 4) is 10.6 Å². The summed E-state index contributed by atoms with van der Waals surface area (Å²) in [7, 11) is 1.89. The predicted molar refractivity (Wildman–Crippen MR) is 70.0 cm³/mol. The highest BCUT2D eigenvalue weighted by atomic mass is 35.5. The van der Waals surface area contributed by atoms with Gasteiger partial charge in [-0.15, -0.1) is 11.3 Å². The molecule has 1 heterocycles. The molecule has 2 rings (SSSR count). The van der Waals surface area contributed by atoms with Gasteiger partial charge in [-0.05, 0) is 32.2 Å². The molecule has 1 aromatic carbocycles. The van der Waals surface area contributed by atoms with Crippen LogP contribution in [0.3, 0.4) is 0 Å². The van der Waals surface area contributed by atoms with Crippen molar-refractivity contribution in [2.75, 3.05) is 7.05 Å². The molecule has 0 fully saturated rings. The minimum absolute atomic E-state index is 0.241. The third-order valence-corrected chi connectivity index (χ3v) is 3.94. The summed E-state index contributed by atoms with van der Waals surface area (Å²) < 4.78 is 13.2. The van der Waals surface area contributed by atoms with Gasteiger partial charge in [0.2, 0.25) is 0 Å². The van der Waals surface area contributed by atoms with Crippen LogP contribution in [0.5, 0.6) is 0 Å². The van der Waals surface area contributed by atoms with Gasteiger partial charge in [0.15, 0.2) is 0 Å². The Morgan fingerprint density at radius 2 is 2.18 bits per heavy atom. The molecule has 1 unspecified atom stereocenters. The molecule has 0 spiro atoms. The second kappa shape index (κ2) is 5.12. The van der Waals surface area contributed by atoms with Crippen molar-refractivity contribution in [3.63, 3.8) is 0 Å². The Balaban J connectivity index is 2.36. The number of thiazole rings is 1. The average Bonchev–Trinajstić information content (AvgIpc) is 2.76. The Hall–Kier alpha value is -0.970. The summed E-state index contributed by atoms with van der Waals surface area (Å²) in [5.74, 6) is -0.342. The highest BCUT2D eigenvalue weighted by Crippen LogP contribution is 2.30. The van der Waals surface area contributed by atoms with Gasteiger partial charge >= 0.3 is 0 Å². The van der Waals surface area contributed by atoms with E-state index in [4.69, 9.17) is 11.6 Å². The van der Waals surface area contributed by atoms with Gasteiger partial charge in [-0.1, -0.05) is 11.6 Å². The number of aromatic nitrogens is 1.